The van der Waals surface area contributed by atoms with Gasteiger partial charge >= 0.3 is 0 Å². The van der Waals surface area contributed by atoms with Crippen LogP contribution in [0.5, 0.6) is 5.75 Å². The Balaban J connectivity index is 1.30. The van der Waals surface area contributed by atoms with Gasteiger partial charge in [0, 0.05) is 48.4 Å². The van der Waals surface area contributed by atoms with E-state index in [1.165, 1.54) is 27.8 Å². The Hall–Kier alpha value is -4.05. The van der Waals surface area contributed by atoms with Crippen LogP contribution in [0.2, 0.25) is 0 Å². The molecule has 160 valence electrons. The highest BCUT2D eigenvalue weighted by molar-refractivity contribution is 5.86. The minimum Gasteiger partial charge on any atom is -0.485 e. The van der Waals surface area contributed by atoms with Gasteiger partial charge in [0.15, 0.2) is 0 Å². The molecule has 7 rings (SSSR count). The van der Waals surface area contributed by atoms with E-state index in [0.29, 0.717) is 0 Å². The lowest BCUT2D eigenvalue weighted by atomic mass is 9.92. The van der Waals surface area contributed by atoms with E-state index < -0.39 is 0 Å². The third-order valence-electron chi connectivity index (χ3n) is 6.79. The van der Waals surface area contributed by atoms with Crippen molar-refractivity contribution in [1.29, 1.82) is 0 Å². The molecule has 3 aliphatic heterocycles. The van der Waals surface area contributed by atoms with Crippen molar-refractivity contribution in [3.8, 4) is 28.0 Å². The molecule has 4 nitrogen and oxygen atoms in total. The average Bonchev–Trinajstić information content (AvgIpc) is 3.41. The van der Waals surface area contributed by atoms with Crippen LogP contribution in [0.15, 0.2) is 82.3 Å². The van der Waals surface area contributed by atoms with Gasteiger partial charge < -0.3 is 14.1 Å². The summed E-state index contributed by atoms with van der Waals surface area (Å²) in [4.78, 5) is 6.51. The monoisotopic (exact) mass is 430 g/mol. The van der Waals surface area contributed by atoms with Crippen LogP contribution >= 0.6 is 0 Å². The summed E-state index contributed by atoms with van der Waals surface area (Å²) < 4.78 is 12.2. The van der Waals surface area contributed by atoms with Crippen LogP contribution in [0.3, 0.4) is 0 Å². The summed E-state index contributed by atoms with van der Waals surface area (Å²) in [6.45, 7) is 0.872. The minimum absolute atomic E-state index is 0.0554. The van der Waals surface area contributed by atoms with Gasteiger partial charge in [-0.2, -0.15) is 0 Å². The number of fused-ring (bicyclic) bond motifs is 6. The number of benzene rings is 3. The summed E-state index contributed by atoms with van der Waals surface area (Å²) >= 11 is 0. The Labute approximate surface area is 191 Å². The Morgan fingerprint density at radius 2 is 1.76 bits per heavy atom. The van der Waals surface area contributed by atoms with Crippen LogP contribution in [0, 0.1) is 0 Å². The molecule has 0 fully saturated rings. The molecule has 0 amide bonds. The minimum atomic E-state index is 0.0554. The first-order valence-electron chi connectivity index (χ1n) is 11.3. The quantitative estimate of drug-likeness (QED) is 0.464. The van der Waals surface area contributed by atoms with E-state index in [1.807, 2.05) is 18.5 Å². The molecule has 4 aromatic rings. The SMILES string of the molecule is CN1C=c2c(oc3ccc(-c4cccc(-c5ccc6c(c5)C5C=NC=CC5O6)c4)cc23)=CC1. The van der Waals surface area contributed by atoms with E-state index in [4.69, 9.17) is 9.15 Å². The topological polar surface area (TPSA) is 38.0 Å². The molecule has 0 bridgehead atoms. The summed E-state index contributed by atoms with van der Waals surface area (Å²) in [5.41, 5.74) is 7.86. The molecular weight excluding hydrogens is 408 g/mol. The summed E-state index contributed by atoms with van der Waals surface area (Å²) in [6.07, 6.45) is 10.2. The second-order valence-corrected chi connectivity index (χ2v) is 8.95. The van der Waals surface area contributed by atoms with Crippen LogP contribution in [-0.4, -0.2) is 30.8 Å². The predicted octanol–water partition coefficient (Wildman–Crippen LogP) is 4.67. The molecule has 0 saturated carbocycles. The van der Waals surface area contributed by atoms with Crippen molar-refractivity contribution in [1.82, 2.24) is 4.90 Å². The molecule has 1 aromatic heterocycles. The zero-order valence-electron chi connectivity index (χ0n) is 18.2. The van der Waals surface area contributed by atoms with Crippen molar-refractivity contribution in [2.45, 2.75) is 12.0 Å². The standard InChI is InChI=1S/C29H22N2O2/c1-31-12-10-29-25(17-31)23-15-21(6-8-27(23)33-29)19-4-2-3-18(13-19)20-5-7-26-22(14-20)24-16-30-11-9-28(24)32-26/h2-11,13-17,24,28H,12H2,1H3. The molecule has 2 unspecified atom stereocenters. The van der Waals surface area contributed by atoms with E-state index in [9.17, 15) is 0 Å². The van der Waals surface area contributed by atoms with Crippen LogP contribution in [-0.2, 0) is 0 Å². The van der Waals surface area contributed by atoms with Gasteiger partial charge in [0.25, 0.3) is 0 Å². The van der Waals surface area contributed by atoms with Crippen LogP contribution in [0.4, 0.5) is 0 Å². The highest BCUT2D eigenvalue weighted by atomic mass is 16.5. The molecule has 0 saturated heterocycles. The van der Waals surface area contributed by atoms with Gasteiger partial charge in [0.1, 0.15) is 22.9 Å². The third kappa shape index (κ3) is 2.94. The Morgan fingerprint density at radius 1 is 0.939 bits per heavy atom. The molecule has 4 heteroatoms. The summed E-state index contributed by atoms with van der Waals surface area (Å²) in [7, 11) is 2.09. The summed E-state index contributed by atoms with van der Waals surface area (Å²) in [5, 5.41) is 2.31. The fraction of sp³-hybridized carbons (Fsp3) is 0.138. The molecule has 3 aliphatic rings. The van der Waals surface area contributed by atoms with Gasteiger partial charge in [0.2, 0.25) is 0 Å². The maximum absolute atomic E-state index is 6.09. The molecule has 4 heterocycles. The highest BCUT2D eigenvalue weighted by Gasteiger charge is 2.32. The number of furan rings is 1. The van der Waals surface area contributed by atoms with E-state index in [0.717, 1.165) is 33.9 Å². The smallest absolute Gasteiger partial charge is 0.135 e. The summed E-state index contributed by atoms with van der Waals surface area (Å²) in [6, 6.07) is 21.7. The summed E-state index contributed by atoms with van der Waals surface area (Å²) in [5.74, 6) is 1.14. The Bertz CT molecular complexity index is 1610. The first-order valence-corrected chi connectivity index (χ1v) is 11.3. The lowest BCUT2D eigenvalue weighted by Crippen LogP contribution is -2.31. The van der Waals surface area contributed by atoms with E-state index in [-0.39, 0.29) is 12.0 Å². The highest BCUT2D eigenvalue weighted by Crippen LogP contribution is 2.41. The largest absolute Gasteiger partial charge is 0.485 e. The van der Waals surface area contributed by atoms with Crippen LogP contribution in [0.1, 0.15) is 11.5 Å². The second kappa shape index (κ2) is 6.97. The molecule has 2 atom stereocenters. The molecule has 0 radical (unpaired) electrons. The van der Waals surface area contributed by atoms with Crippen molar-refractivity contribution in [3.05, 3.63) is 89.1 Å². The molecular formula is C29H22N2O2. The number of hydrogen-bond acceptors (Lipinski definition) is 4. The number of nitrogens with zero attached hydrogens (tertiary/aromatic N) is 2. The average molecular weight is 431 g/mol. The number of aliphatic imine (C=N–C) groups is 1. The molecule has 3 aromatic carbocycles. The number of rotatable bonds is 2. The second-order valence-electron chi connectivity index (χ2n) is 8.95. The lowest BCUT2D eigenvalue weighted by Gasteiger charge is -2.13. The maximum atomic E-state index is 6.09. The molecule has 0 N–H and O–H groups in total. The van der Waals surface area contributed by atoms with Crippen molar-refractivity contribution in [3.63, 3.8) is 0 Å². The van der Waals surface area contributed by atoms with Crippen molar-refractivity contribution in [2.75, 3.05) is 13.6 Å². The normalized spacial score (nSPS) is 20.0. The van der Waals surface area contributed by atoms with Gasteiger partial charge in [-0.1, -0.05) is 30.3 Å². The zero-order chi connectivity index (χ0) is 21.9. The van der Waals surface area contributed by atoms with Gasteiger partial charge in [0.05, 0.1) is 5.92 Å². The van der Waals surface area contributed by atoms with Crippen molar-refractivity contribution >= 4 is 29.5 Å². The van der Waals surface area contributed by atoms with E-state index in [1.54, 1.807) is 0 Å². The van der Waals surface area contributed by atoms with Gasteiger partial charge in [-0.15, -0.1) is 0 Å². The lowest BCUT2D eigenvalue weighted by molar-refractivity contribution is 0.275. The molecule has 0 aliphatic carbocycles. The molecule has 0 spiro atoms. The number of ether oxygens (including phenoxy) is 1. The maximum Gasteiger partial charge on any atom is 0.135 e. The van der Waals surface area contributed by atoms with Crippen molar-refractivity contribution < 1.29 is 9.15 Å². The third-order valence-corrected chi connectivity index (χ3v) is 6.79. The van der Waals surface area contributed by atoms with Gasteiger partial charge in [-0.05, 0) is 64.7 Å². The van der Waals surface area contributed by atoms with Gasteiger partial charge in [-0.25, -0.2) is 0 Å². The van der Waals surface area contributed by atoms with Crippen molar-refractivity contribution in [2.24, 2.45) is 4.99 Å². The van der Waals surface area contributed by atoms with E-state index >= 15 is 0 Å². The van der Waals surface area contributed by atoms with E-state index in [2.05, 4.69) is 89.9 Å². The number of hydrogen-bond donors (Lipinski definition) is 0. The Morgan fingerprint density at radius 3 is 2.67 bits per heavy atom. The first-order chi connectivity index (χ1) is 16.2. The Kier molecular flexibility index (Phi) is 3.91. The fourth-order valence-corrected chi connectivity index (χ4v) is 5.07. The zero-order valence-corrected chi connectivity index (χ0v) is 18.2. The first kappa shape index (κ1) is 18.5. The van der Waals surface area contributed by atoms with Gasteiger partial charge in [-0.3, -0.25) is 4.99 Å². The fourth-order valence-electron chi connectivity index (χ4n) is 5.07. The van der Waals surface area contributed by atoms with Crippen LogP contribution in [0.25, 0.3) is 45.5 Å². The molecule has 33 heavy (non-hydrogen) atoms. The predicted molar refractivity (Wildman–Crippen MR) is 133 cm³/mol. The van der Waals surface area contributed by atoms with Crippen LogP contribution < -0.4 is 15.4 Å².